The number of amides is 1. The van der Waals surface area contributed by atoms with Crippen molar-refractivity contribution in [1.82, 2.24) is 10.3 Å². The van der Waals surface area contributed by atoms with Crippen molar-refractivity contribution in [3.05, 3.63) is 17.4 Å². The van der Waals surface area contributed by atoms with Gasteiger partial charge in [0.1, 0.15) is 11.9 Å². The Kier molecular flexibility index (Phi) is 4.99. The molecule has 0 saturated heterocycles. The quantitative estimate of drug-likeness (QED) is 0.678. The van der Waals surface area contributed by atoms with Crippen molar-refractivity contribution in [2.24, 2.45) is 0 Å². The van der Waals surface area contributed by atoms with Gasteiger partial charge in [0.15, 0.2) is 11.6 Å². The van der Waals surface area contributed by atoms with E-state index in [0.717, 1.165) is 18.9 Å². The van der Waals surface area contributed by atoms with Crippen LogP contribution in [0.3, 0.4) is 0 Å². The average molecular weight is 307 g/mol. The first-order valence-corrected chi connectivity index (χ1v) is 7.08. The Balaban J connectivity index is 2.00. The second kappa shape index (κ2) is 6.93. The van der Waals surface area contributed by atoms with Gasteiger partial charge in [-0.25, -0.2) is 14.2 Å². The minimum atomic E-state index is -1.02. The fourth-order valence-electron chi connectivity index (χ4n) is 2.62. The molecule has 22 heavy (non-hydrogen) atoms. The van der Waals surface area contributed by atoms with Crippen LogP contribution in [0.25, 0.3) is 0 Å². The number of aromatic nitrogens is 1. The van der Waals surface area contributed by atoms with E-state index < -0.39 is 11.9 Å². The molecule has 0 bridgehead atoms. The van der Waals surface area contributed by atoms with Gasteiger partial charge in [-0.1, -0.05) is 0 Å². The van der Waals surface area contributed by atoms with Gasteiger partial charge in [-0.2, -0.15) is 5.26 Å². The highest BCUT2D eigenvalue weighted by Gasteiger charge is 2.23. The van der Waals surface area contributed by atoms with Gasteiger partial charge in [0.2, 0.25) is 0 Å². The lowest BCUT2D eigenvalue weighted by Gasteiger charge is -2.29. The lowest BCUT2D eigenvalue weighted by Crippen LogP contribution is -2.39. The van der Waals surface area contributed by atoms with Crippen molar-refractivity contribution >= 4 is 17.7 Å². The van der Waals surface area contributed by atoms with Crippen LogP contribution in [-0.2, 0) is 0 Å². The van der Waals surface area contributed by atoms with Crippen molar-refractivity contribution in [1.29, 1.82) is 5.26 Å². The molecule has 1 fully saturated rings. The van der Waals surface area contributed by atoms with Crippen LogP contribution in [0, 0.1) is 17.1 Å². The normalized spacial score (nSPS) is 20.8. The third-order valence-electron chi connectivity index (χ3n) is 3.73. The minimum absolute atomic E-state index is 0.0338. The van der Waals surface area contributed by atoms with E-state index in [2.05, 4.69) is 20.9 Å². The minimum Gasteiger partial charge on any atom is -0.465 e. The first kappa shape index (κ1) is 15.8. The third kappa shape index (κ3) is 3.75. The van der Waals surface area contributed by atoms with E-state index >= 15 is 0 Å². The van der Waals surface area contributed by atoms with E-state index in [0.29, 0.717) is 18.7 Å². The highest BCUT2D eigenvalue weighted by molar-refractivity contribution is 5.64. The van der Waals surface area contributed by atoms with Crippen molar-refractivity contribution < 1.29 is 14.3 Å². The number of hydrogen-bond donors (Lipinski definition) is 4. The number of nitriles is 1. The monoisotopic (exact) mass is 307 g/mol. The van der Waals surface area contributed by atoms with E-state index in [1.54, 1.807) is 7.05 Å². The summed E-state index contributed by atoms with van der Waals surface area (Å²) in [5.41, 5.74) is 0.153. The predicted octanol–water partition coefficient (Wildman–Crippen LogP) is 2.12. The molecule has 4 N–H and O–H groups in total. The number of hydrogen-bond acceptors (Lipinski definition) is 5. The molecule has 0 aromatic carbocycles. The van der Waals surface area contributed by atoms with Gasteiger partial charge >= 0.3 is 6.09 Å². The molecular weight excluding hydrogens is 289 g/mol. The van der Waals surface area contributed by atoms with E-state index in [1.165, 1.54) is 0 Å². The lowest BCUT2D eigenvalue weighted by atomic mass is 9.91. The molecule has 7 nitrogen and oxygen atoms in total. The SMILES string of the molecule is CNc1nc(N[C@H]2CC[C@H](NC(=O)O)CC2)c(F)cc1C#N. The van der Waals surface area contributed by atoms with Crippen LogP contribution in [0.1, 0.15) is 31.2 Å². The van der Waals surface area contributed by atoms with Crippen molar-refractivity contribution in [3.8, 4) is 6.07 Å². The Bertz CT molecular complexity index is 594. The molecule has 1 aromatic rings. The van der Waals surface area contributed by atoms with Crippen molar-refractivity contribution in [2.45, 2.75) is 37.8 Å². The van der Waals surface area contributed by atoms with Crippen LogP contribution < -0.4 is 16.0 Å². The summed E-state index contributed by atoms with van der Waals surface area (Å²) in [4.78, 5) is 14.7. The van der Waals surface area contributed by atoms with Crippen molar-refractivity contribution in [3.63, 3.8) is 0 Å². The smallest absolute Gasteiger partial charge is 0.404 e. The first-order chi connectivity index (χ1) is 10.5. The maximum absolute atomic E-state index is 14.0. The molecule has 1 amide bonds. The second-order valence-electron chi connectivity index (χ2n) is 5.22. The molecule has 1 saturated carbocycles. The van der Waals surface area contributed by atoms with Crippen LogP contribution >= 0.6 is 0 Å². The summed E-state index contributed by atoms with van der Waals surface area (Å²) >= 11 is 0. The molecule has 0 spiro atoms. The van der Waals surface area contributed by atoms with Crippen LogP contribution in [0.4, 0.5) is 20.8 Å². The molecule has 8 heteroatoms. The van der Waals surface area contributed by atoms with Gasteiger partial charge in [-0.15, -0.1) is 0 Å². The summed E-state index contributed by atoms with van der Waals surface area (Å²) in [5, 5.41) is 25.9. The van der Waals surface area contributed by atoms with Crippen LogP contribution in [0.15, 0.2) is 6.07 Å². The first-order valence-electron chi connectivity index (χ1n) is 7.08. The lowest BCUT2D eigenvalue weighted by molar-refractivity contribution is 0.185. The Hall–Kier alpha value is -2.56. The molecule has 1 aliphatic rings. The molecule has 0 atom stereocenters. The molecule has 0 radical (unpaired) electrons. The number of carbonyl (C=O) groups is 1. The maximum atomic E-state index is 14.0. The van der Waals surface area contributed by atoms with E-state index in [4.69, 9.17) is 10.4 Å². The topological polar surface area (TPSA) is 110 Å². The summed E-state index contributed by atoms with van der Waals surface area (Å²) < 4.78 is 14.0. The van der Waals surface area contributed by atoms with Gasteiger partial charge in [0, 0.05) is 19.1 Å². The molecule has 118 valence electrons. The molecule has 1 heterocycles. The molecular formula is C14H18FN5O2. The Labute approximate surface area is 127 Å². The Morgan fingerprint density at radius 3 is 2.55 bits per heavy atom. The van der Waals surface area contributed by atoms with Crippen LogP contribution in [0.2, 0.25) is 0 Å². The standard InChI is InChI=1S/C14H18FN5O2/c1-17-12-8(7-16)6-11(15)13(20-12)18-9-2-4-10(5-3-9)19-14(21)22/h6,9-10,19H,2-5H2,1H3,(H,21,22)(H2,17,18,20)/t9-,10-. The van der Waals surface area contributed by atoms with Crippen LogP contribution in [0.5, 0.6) is 0 Å². The van der Waals surface area contributed by atoms with E-state index in [9.17, 15) is 9.18 Å². The second-order valence-corrected chi connectivity index (χ2v) is 5.22. The summed E-state index contributed by atoms with van der Waals surface area (Å²) in [5.74, 6) is -0.132. The number of anilines is 2. The summed E-state index contributed by atoms with van der Waals surface area (Å²) in [7, 11) is 1.62. The highest BCUT2D eigenvalue weighted by atomic mass is 19.1. The number of rotatable bonds is 4. The van der Waals surface area contributed by atoms with Gasteiger partial charge in [-0.3, -0.25) is 0 Å². The van der Waals surface area contributed by atoms with Gasteiger partial charge in [0.25, 0.3) is 0 Å². The number of nitrogens with zero attached hydrogens (tertiary/aromatic N) is 2. The number of pyridine rings is 1. The zero-order valence-corrected chi connectivity index (χ0v) is 12.2. The fraction of sp³-hybridized carbons (Fsp3) is 0.500. The zero-order valence-electron chi connectivity index (χ0n) is 12.2. The summed E-state index contributed by atoms with van der Waals surface area (Å²) in [6.45, 7) is 0. The highest BCUT2D eigenvalue weighted by Crippen LogP contribution is 2.25. The molecule has 1 aromatic heterocycles. The third-order valence-corrected chi connectivity index (χ3v) is 3.73. The summed E-state index contributed by atoms with van der Waals surface area (Å²) in [6.07, 6.45) is 1.82. The average Bonchev–Trinajstić information content (AvgIpc) is 2.50. The zero-order chi connectivity index (χ0) is 16.1. The largest absolute Gasteiger partial charge is 0.465 e. The number of halogens is 1. The van der Waals surface area contributed by atoms with Gasteiger partial charge in [-0.05, 0) is 31.7 Å². The van der Waals surface area contributed by atoms with Gasteiger partial charge in [0.05, 0.1) is 5.56 Å². The number of carboxylic acid groups (broad SMARTS) is 1. The summed E-state index contributed by atoms with van der Waals surface area (Å²) in [6, 6.07) is 3.02. The van der Waals surface area contributed by atoms with Crippen LogP contribution in [-0.4, -0.2) is 35.3 Å². The number of nitrogens with one attached hydrogen (secondary N) is 3. The Morgan fingerprint density at radius 1 is 1.36 bits per heavy atom. The van der Waals surface area contributed by atoms with E-state index in [-0.39, 0.29) is 23.5 Å². The van der Waals surface area contributed by atoms with Gasteiger partial charge < -0.3 is 21.1 Å². The molecule has 0 unspecified atom stereocenters. The van der Waals surface area contributed by atoms with E-state index in [1.807, 2.05) is 6.07 Å². The molecule has 0 aliphatic heterocycles. The maximum Gasteiger partial charge on any atom is 0.404 e. The van der Waals surface area contributed by atoms with Crippen molar-refractivity contribution in [2.75, 3.05) is 17.7 Å². The molecule has 1 aliphatic carbocycles. The fourth-order valence-corrected chi connectivity index (χ4v) is 2.62. The Morgan fingerprint density at radius 2 is 2.00 bits per heavy atom. The molecule has 2 rings (SSSR count). The predicted molar refractivity (Wildman–Crippen MR) is 79.3 cm³/mol.